The summed E-state index contributed by atoms with van der Waals surface area (Å²) in [6.07, 6.45) is 7.42. The van der Waals surface area contributed by atoms with Crippen molar-refractivity contribution in [3.05, 3.63) is 11.6 Å². The molecule has 0 aromatic carbocycles. The molecule has 0 radical (unpaired) electrons. The molecule has 1 heterocycles. The van der Waals surface area contributed by atoms with Crippen molar-refractivity contribution in [2.24, 2.45) is 16.6 Å². The molecule has 0 saturated heterocycles. The van der Waals surface area contributed by atoms with Gasteiger partial charge >= 0.3 is 0 Å². The van der Waals surface area contributed by atoms with E-state index >= 15 is 0 Å². The highest BCUT2D eigenvalue weighted by molar-refractivity contribution is 5.77. The zero-order chi connectivity index (χ0) is 14.1. The average Bonchev–Trinajstić information content (AvgIpc) is 2.32. The normalized spacial score (nSPS) is 22.7. The molecule has 0 aromatic heterocycles. The van der Waals surface area contributed by atoms with Gasteiger partial charge in [0.1, 0.15) is 0 Å². The summed E-state index contributed by atoms with van der Waals surface area (Å²) in [5, 5.41) is 0. The Bertz CT molecular complexity index is 369. The molecular formula is C16H28N2O. The van der Waals surface area contributed by atoms with Crippen LogP contribution in [0.3, 0.4) is 0 Å². The largest absolute Gasteiger partial charge is 0.339 e. The lowest BCUT2D eigenvalue weighted by Crippen LogP contribution is -2.44. The lowest BCUT2D eigenvalue weighted by Gasteiger charge is -2.42. The third-order valence-corrected chi connectivity index (χ3v) is 4.90. The lowest BCUT2D eigenvalue weighted by atomic mass is 9.66. The Morgan fingerprint density at radius 1 is 1.42 bits per heavy atom. The molecule has 1 aliphatic carbocycles. The highest BCUT2D eigenvalue weighted by Gasteiger charge is 2.38. The fraction of sp³-hybridized carbons (Fsp3) is 0.812. The maximum atomic E-state index is 12.4. The van der Waals surface area contributed by atoms with E-state index < -0.39 is 0 Å². The summed E-state index contributed by atoms with van der Waals surface area (Å²) in [7, 11) is 0. The van der Waals surface area contributed by atoms with Gasteiger partial charge in [-0.1, -0.05) is 38.8 Å². The number of nitrogens with two attached hydrogens (primary N) is 1. The van der Waals surface area contributed by atoms with Crippen LogP contribution in [0, 0.1) is 10.8 Å². The van der Waals surface area contributed by atoms with E-state index in [0.717, 1.165) is 32.4 Å². The Labute approximate surface area is 117 Å². The van der Waals surface area contributed by atoms with Gasteiger partial charge in [-0.25, -0.2) is 0 Å². The van der Waals surface area contributed by atoms with Crippen LogP contribution in [-0.4, -0.2) is 30.4 Å². The van der Waals surface area contributed by atoms with Crippen molar-refractivity contribution in [2.75, 3.05) is 19.6 Å². The van der Waals surface area contributed by atoms with Crippen LogP contribution in [0.4, 0.5) is 0 Å². The molecule has 0 spiro atoms. The number of amides is 1. The van der Waals surface area contributed by atoms with E-state index in [-0.39, 0.29) is 10.8 Å². The Kier molecular flexibility index (Phi) is 4.05. The molecule has 2 rings (SSSR count). The molecule has 3 heteroatoms. The number of rotatable bonds is 3. The molecule has 19 heavy (non-hydrogen) atoms. The van der Waals surface area contributed by atoms with Gasteiger partial charge in [0.15, 0.2) is 0 Å². The quantitative estimate of drug-likeness (QED) is 0.797. The first-order chi connectivity index (χ1) is 8.86. The third-order valence-electron chi connectivity index (χ3n) is 4.90. The standard InChI is InChI=1S/C16H28N2O/c1-15(2,3)13-5-9-18(10-6-13)14(19)11-16(12-17)7-4-8-16/h5H,4,6-12,17H2,1-3H3. The minimum absolute atomic E-state index is 0.130. The fourth-order valence-electron chi connectivity index (χ4n) is 3.14. The van der Waals surface area contributed by atoms with E-state index in [4.69, 9.17) is 5.73 Å². The molecule has 108 valence electrons. The van der Waals surface area contributed by atoms with E-state index in [0.29, 0.717) is 18.9 Å². The molecule has 2 aliphatic rings. The van der Waals surface area contributed by atoms with E-state index in [1.54, 1.807) is 0 Å². The lowest BCUT2D eigenvalue weighted by molar-refractivity contribution is -0.134. The maximum absolute atomic E-state index is 12.4. The van der Waals surface area contributed by atoms with Gasteiger partial charge in [0.2, 0.25) is 5.91 Å². The minimum Gasteiger partial charge on any atom is -0.339 e. The first-order valence-electron chi connectivity index (χ1n) is 7.54. The number of carbonyl (C=O) groups excluding carboxylic acids is 1. The molecule has 1 fully saturated rings. The van der Waals surface area contributed by atoms with E-state index in [1.807, 2.05) is 4.90 Å². The predicted molar refractivity (Wildman–Crippen MR) is 78.7 cm³/mol. The van der Waals surface area contributed by atoms with Crippen LogP contribution in [0.5, 0.6) is 0 Å². The predicted octanol–water partition coefficient (Wildman–Crippen LogP) is 2.71. The second kappa shape index (κ2) is 5.28. The van der Waals surface area contributed by atoms with Crippen molar-refractivity contribution in [2.45, 2.75) is 52.9 Å². The summed E-state index contributed by atoms with van der Waals surface area (Å²) in [6, 6.07) is 0. The molecule has 0 aromatic rings. The Balaban J connectivity index is 1.91. The monoisotopic (exact) mass is 264 g/mol. The van der Waals surface area contributed by atoms with Crippen molar-refractivity contribution < 1.29 is 4.79 Å². The second-order valence-corrected chi connectivity index (χ2v) is 7.30. The van der Waals surface area contributed by atoms with Crippen molar-refractivity contribution in [3.63, 3.8) is 0 Å². The van der Waals surface area contributed by atoms with Crippen LogP contribution < -0.4 is 5.73 Å². The van der Waals surface area contributed by atoms with Gasteiger partial charge in [-0.05, 0) is 36.6 Å². The van der Waals surface area contributed by atoms with Crippen molar-refractivity contribution >= 4 is 5.91 Å². The summed E-state index contributed by atoms with van der Waals surface area (Å²) in [5.74, 6) is 0.300. The number of carbonyl (C=O) groups is 1. The van der Waals surface area contributed by atoms with Crippen LogP contribution in [0.1, 0.15) is 52.9 Å². The van der Waals surface area contributed by atoms with Crippen molar-refractivity contribution in [3.8, 4) is 0 Å². The number of hydrogen-bond donors (Lipinski definition) is 1. The van der Waals surface area contributed by atoms with Crippen LogP contribution in [0.25, 0.3) is 0 Å². The molecule has 1 aliphatic heterocycles. The fourth-order valence-corrected chi connectivity index (χ4v) is 3.14. The van der Waals surface area contributed by atoms with Crippen LogP contribution in [0.15, 0.2) is 11.6 Å². The van der Waals surface area contributed by atoms with Gasteiger partial charge in [0.25, 0.3) is 0 Å². The van der Waals surface area contributed by atoms with E-state index in [9.17, 15) is 4.79 Å². The molecular weight excluding hydrogens is 236 g/mol. The minimum atomic E-state index is 0.130. The van der Waals surface area contributed by atoms with E-state index in [2.05, 4.69) is 26.8 Å². The average molecular weight is 264 g/mol. The highest BCUT2D eigenvalue weighted by atomic mass is 16.2. The number of nitrogens with zero attached hydrogens (tertiary/aromatic N) is 1. The molecule has 0 bridgehead atoms. The zero-order valence-corrected chi connectivity index (χ0v) is 12.7. The molecule has 1 amide bonds. The smallest absolute Gasteiger partial charge is 0.223 e. The van der Waals surface area contributed by atoms with Gasteiger partial charge in [-0.2, -0.15) is 0 Å². The molecule has 0 unspecified atom stereocenters. The summed E-state index contributed by atoms with van der Waals surface area (Å²) in [5.41, 5.74) is 7.69. The third kappa shape index (κ3) is 3.19. The second-order valence-electron chi connectivity index (χ2n) is 7.30. The Morgan fingerprint density at radius 2 is 2.11 bits per heavy atom. The summed E-state index contributed by atoms with van der Waals surface area (Å²) in [6.45, 7) is 9.06. The van der Waals surface area contributed by atoms with Gasteiger partial charge in [-0.3, -0.25) is 4.79 Å². The topological polar surface area (TPSA) is 46.3 Å². The van der Waals surface area contributed by atoms with E-state index in [1.165, 1.54) is 12.0 Å². The van der Waals surface area contributed by atoms with Gasteiger partial charge in [0, 0.05) is 19.5 Å². The molecule has 0 atom stereocenters. The first-order valence-corrected chi connectivity index (χ1v) is 7.54. The number of hydrogen-bond acceptors (Lipinski definition) is 2. The first kappa shape index (κ1) is 14.6. The molecule has 2 N–H and O–H groups in total. The van der Waals surface area contributed by atoms with Gasteiger partial charge in [0.05, 0.1) is 0 Å². The van der Waals surface area contributed by atoms with Crippen LogP contribution >= 0.6 is 0 Å². The van der Waals surface area contributed by atoms with Crippen LogP contribution in [-0.2, 0) is 4.79 Å². The van der Waals surface area contributed by atoms with Gasteiger partial charge in [-0.15, -0.1) is 0 Å². The van der Waals surface area contributed by atoms with Crippen LogP contribution in [0.2, 0.25) is 0 Å². The Morgan fingerprint density at radius 3 is 2.47 bits per heavy atom. The summed E-state index contributed by atoms with van der Waals surface area (Å²) in [4.78, 5) is 14.4. The Hall–Kier alpha value is -0.830. The van der Waals surface area contributed by atoms with Gasteiger partial charge < -0.3 is 10.6 Å². The highest BCUT2D eigenvalue weighted by Crippen LogP contribution is 2.43. The summed E-state index contributed by atoms with van der Waals surface area (Å²) < 4.78 is 0. The molecule has 3 nitrogen and oxygen atoms in total. The van der Waals surface area contributed by atoms with Crippen molar-refractivity contribution in [1.82, 2.24) is 4.90 Å². The summed E-state index contributed by atoms with van der Waals surface area (Å²) >= 11 is 0. The molecule has 1 saturated carbocycles. The zero-order valence-electron chi connectivity index (χ0n) is 12.7. The SMILES string of the molecule is CC(C)(C)C1=CCN(C(=O)CC2(CN)CCC2)CC1. The van der Waals surface area contributed by atoms with Crippen molar-refractivity contribution in [1.29, 1.82) is 0 Å². The maximum Gasteiger partial charge on any atom is 0.223 e.